The van der Waals surface area contributed by atoms with E-state index in [9.17, 15) is 18.0 Å². The summed E-state index contributed by atoms with van der Waals surface area (Å²) in [5.74, 6) is -0.301. The number of alkyl halides is 3. The Morgan fingerprint density at radius 2 is 1.82 bits per heavy atom. The molecule has 4 nitrogen and oxygen atoms in total. The van der Waals surface area contributed by atoms with Gasteiger partial charge in [-0.3, -0.25) is 4.79 Å². The lowest BCUT2D eigenvalue weighted by atomic mass is 10.0. The second-order valence-electron chi connectivity index (χ2n) is 5.50. The first-order chi connectivity index (χ1) is 10.1. The van der Waals surface area contributed by atoms with E-state index in [1.54, 1.807) is 7.05 Å². The second kappa shape index (κ2) is 7.49. The standard InChI is InChI=1S/C15H21F3N2O2/c1-10(2)13(19)8-9-20(3)14(21)11-4-6-12(7-5-11)22-15(16,17)18/h4-7,10,13H,8-9,19H2,1-3H3. The Hall–Kier alpha value is -1.76. The summed E-state index contributed by atoms with van der Waals surface area (Å²) in [5, 5.41) is 0. The third kappa shape index (κ3) is 5.93. The molecule has 0 aromatic heterocycles. The van der Waals surface area contributed by atoms with Gasteiger partial charge in [-0.1, -0.05) is 13.8 Å². The summed E-state index contributed by atoms with van der Waals surface area (Å²) in [4.78, 5) is 13.6. The highest BCUT2D eigenvalue weighted by Gasteiger charge is 2.31. The summed E-state index contributed by atoms with van der Waals surface area (Å²) in [6.07, 6.45) is -4.08. The average molecular weight is 318 g/mol. The Bertz CT molecular complexity index is 487. The van der Waals surface area contributed by atoms with Crippen LogP contribution in [0, 0.1) is 5.92 Å². The van der Waals surface area contributed by atoms with E-state index in [0.717, 1.165) is 12.1 Å². The van der Waals surface area contributed by atoms with Crippen molar-refractivity contribution in [3.63, 3.8) is 0 Å². The van der Waals surface area contributed by atoms with E-state index in [1.165, 1.54) is 17.0 Å². The zero-order chi connectivity index (χ0) is 16.9. The minimum absolute atomic E-state index is 0.00203. The van der Waals surface area contributed by atoms with E-state index in [2.05, 4.69) is 4.74 Å². The summed E-state index contributed by atoms with van der Waals surface area (Å²) in [6, 6.07) is 4.85. The number of rotatable bonds is 6. The summed E-state index contributed by atoms with van der Waals surface area (Å²) in [5.41, 5.74) is 6.22. The molecular formula is C15H21F3N2O2. The number of nitrogens with zero attached hydrogens (tertiary/aromatic N) is 1. The van der Waals surface area contributed by atoms with Crippen LogP contribution in [-0.4, -0.2) is 36.8 Å². The van der Waals surface area contributed by atoms with Crippen molar-refractivity contribution in [1.29, 1.82) is 0 Å². The van der Waals surface area contributed by atoms with Gasteiger partial charge in [0.05, 0.1) is 0 Å². The molecule has 1 atom stereocenters. The summed E-state index contributed by atoms with van der Waals surface area (Å²) < 4.78 is 39.9. The van der Waals surface area contributed by atoms with Gasteiger partial charge in [0.1, 0.15) is 5.75 Å². The van der Waals surface area contributed by atoms with Crippen LogP contribution in [0.4, 0.5) is 13.2 Å². The first-order valence-corrected chi connectivity index (χ1v) is 6.97. The number of nitrogens with two attached hydrogens (primary N) is 1. The van der Waals surface area contributed by atoms with Gasteiger partial charge in [-0.15, -0.1) is 13.2 Å². The molecule has 0 heterocycles. The number of hydrogen-bond acceptors (Lipinski definition) is 3. The van der Waals surface area contributed by atoms with E-state index < -0.39 is 6.36 Å². The molecule has 1 rings (SSSR count). The molecular weight excluding hydrogens is 297 g/mol. The molecule has 124 valence electrons. The highest BCUT2D eigenvalue weighted by molar-refractivity contribution is 5.94. The Balaban J connectivity index is 2.61. The Morgan fingerprint density at radius 1 is 1.27 bits per heavy atom. The van der Waals surface area contributed by atoms with Crippen molar-refractivity contribution in [2.24, 2.45) is 11.7 Å². The van der Waals surface area contributed by atoms with Crippen LogP contribution in [0.1, 0.15) is 30.6 Å². The van der Waals surface area contributed by atoms with Gasteiger partial charge >= 0.3 is 6.36 Å². The molecule has 2 N–H and O–H groups in total. The SMILES string of the molecule is CC(C)C(N)CCN(C)C(=O)c1ccc(OC(F)(F)F)cc1. The maximum Gasteiger partial charge on any atom is 0.573 e. The third-order valence-corrected chi connectivity index (χ3v) is 3.34. The Kier molecular flexibility index (Phi) is 6.22. The lowest BCUT2D eigenvalue weighted by Crippen LogP contribution is -2.34. The van der Waals surface area contributed by atoms with E-state index in [0.29, 0.717) is 24.4 Å². The van der Waals surface area contributed by atoms with Gasteiger partial charge in [0, 0.05) is 25.2 Å². The lowest BCUT2D eigenvalue weighted by Gasteiger charge is -2.21. The summed E-state index contributed by atoms with van der Waals surface area (Å²) >= 11 is 0. The van der Waals surface area contributed by atoms with Gasteiger partial charge in [-0.25, -0.2) is 0 Å². The lowest BCUT2D eigenvalue weighted by molar-refractivity contribution is -0.274. The molecule has 0 fully saturated rings. The van der Waals surface area contributed by atoms with Crippen LogP contribution in [-0.2, 0) is 0 Å². The fourth-order valence-corrected chi connectivity index (χ4v) is 1.80. The number of halogens is 3. The predicted molar refractivity (Wildman–Crippen MR) is 77.5 cm³/mol. The van der Waals surface area contributed by atoms with Crippen molar-refractivity contribution in [3.8, 4) is 5.75 Å². The normalized spacial score (nSPS) is 13.1. The number of carbonyl (C=O) groups is 1. The van der Waals surface area contributed by atoms with Gasteiger partial charge in [0.2, 0.25) is 0 Å². The van der Waals surface area contributed by atoms with Crippen molar-refractivity contribution < 1.29 is 22.7 Å². The summed E-state index contributed by atoms with van der Waals surface area (Å²) in [6.45, 7) is 4.50. The van der Waals surface area contributed by atoms with Crippen LogP contribution in [0.3, 0.4) is 0 Å². The molecule has 22 heavy (non-hydrogen) atoms. The molecule has 1 aromatic rings. The van der Waals surface area contributed by atoms with Crippen molar-refractivity contribution in [1.82, 2.24) is 4.90 Å². The average Bonchev–Trinajstić information content (AvgIpc) is 2.42. The van der Waals surface area contributed by atoms with Crippen LogP contribution >= 0.6 is 0 Å². The van der Waals surface area contributed by atoms with Crippen molar-refractivity contribution in [3.05, 3.63) is 29.8 Å². The molecule has 0 radical (unpaired) electrons. The number of hydrogen-bond donors (Lipinski definition) is 1. The zero-order valence-electron chi connectivity index (χ0n) is 12.9. The smallest absolute Gasteiger partial charge is 0.406 e. The molecule has 7 heteroatoms. The van der Waals surface area contributed by atoms with Gasteiger partial charge in [-0.2, -0.15) is 0 Å². The second-order valence-corrected chi connectivity index (χ2v) is 5.50. The Labute approximate surface area is 128 Å². The van der Waals surface area contributed by atoms with Crippen molar-refractivity contribution in [2.45, 2.75) is 32.7 Å². The molecule has 0 aliphatic heterocycles. The molecule has 0 bridgehead atoms. The summed E-state index contributed by atoms with van der Waals surface area (Å²) in [7, 11) is 1.63. The van der Waals surface area contributed by atoms with Crippen LogP contribution in [0.15, 0.2) is 24.3 Å². The van der Waals surface area contributed by atoms with E-state index in [4.69, 9.17) is 5.73 Å². The topological polar surface area (TPSA) is 55.6 Å². The van der Waals surface area contributed by atoms with E-state index >= 15 is 0 Å². The van der Waals surface area contributed by atoms with Gasteiger partial charge < -0.3 is 15.4 Å². The molecule has 0 spiro atoms. The quantitative estimate of drug-likeness (QED) is 0.877. The largest absolute Gasteiger partial charge is 0.573 e. The van der Waals surface area contributed by atoms with Crippen molar-refractivity contribution >= 4 is 5.91 Å². The minimum atomic E-state index is -4.74. The number of benzene rings is 1. The van der Waals surface area contributed by atoms with E-state index in [1.807, 2.05) is 13.8 Å². The molecule has 0 aliphatic carbocycles. The van der Waals surface area contributed by atoms with Gasteiger partial charge in [0.15, 0.2) is 0 Å². The highest BCUT2D eigenvalue weighted by atomic mass is 19.4. The van der Waals surface area contributed by atoms with Gasteiger partial charge in [-0.05, 0) is 36.6 Å². The number of carbonyl (C=O) groups excluding carboxylic acids is 1. The predicted octanol–water partition coefficient (Wildman–Crippen LogP) is 3.03. The zero-order valence-corrected chi connectivity index (χ0v) is 12.9. The van der Waals surface area contributed by atoms with Crippen LogP contribution in [0.25, 0.3) is 0 Å². The van der Waals surface area contributed by atoms with E-state index in [-0.39, 0.29) is 17.7 Å². The Morgan fingerprint density at radius 3 is 2.27 bits per heavy atom. The molecule has 0 saturated carbocycles. The fraction of sp³-hybridized carbons (Fsp3) is 0.533. The fourth-order valence-electron chi connectivity index (χ4n) is 1.80. The van der Waals surface area contributed by atoms with Crippen LogP contribution in [0.2, 0.25) is 0 Å². The maximum absolute atomic E-state index is 12.1. The molecule has 0 aliphatic rings. The highest BCUT2D eigenvalue weighted by Crippen LogP contribution is 2.23. The molecule has 1 unspecified atom stereocenters. The number of amides is 1. The number of ether oxygens (including phenoxy) is 1. The van der Waals surface area contributed by atoms with Crippen molar-refractivity contribution in [2.75, 3.05) is 13.6 Å². The molecule has 1 aromatic carbocycles. The van der Waals surface area contributed by atoms with Gasteiger partial charge in [0.25, 0.3) is 5.91 Å². The minimum Gasteiger partial charge on any atom is -0.406 e. The monoisotopic (exact) mass is 318 g/mol. The molecule has 1 amide bonds. The maximum atomic E-state index is 12.1. The van der Waals surface area contributed by atoms with Crippen LogP contribution in [0.5, 0.6) is 5.75 Å². The molecule has 0 saturated heterocycles. The van der Waals surface area contributed by atoms with Crippen LogP contribution < -0.4 is 10.5 Å². The first kappa shape index (κ1) is 18.3. The third-order valence-electron chi connectivity index (χ3n) is 3.34. The first-order valence-electron chi connectivity index (χ1n) is 6.97.